The molecule has 13 rings (SSSR count). The predicted octanol–water partition coefficient (Wildman–Crippen LogP) is 8.91. The van der Waals surface area contributed by atoms with Crippen LogP contribution in [0, 0.1) is 36.5 Å². The minimum Gasteiger partial charge on any atom is -0.493 e. The molecular formula is C97H116N10O23. The van der Waals surface area contributed by atoms with Gasteiger partial charge in [0.1, 0.15) is 36.3 Å². The van der Waals surface area contributed by atoms with Crippen LogP contribution in [-0.2, 0) is 103 Å². The number of rotatable bonds is 12. The Bertz CT molecular complexity index is 5050. The lowest BCUT2D eigenvalue weighted by Gasteiger charge is -2.27. The molecule has 0 aromatic heterocycles. The molecule has 0 saturated carbocycles. The lowest BCUT2D eigenvalue weighted by Crippen LogP contribution is -2.52. The fourth-order valence-electron chi connectivity index (χ4n) is 17.0. The number of anilines is 2. The third-order valence-electron chi connectivity index (χ3n) is 24.7. The van der Waals surface area contributed by atoms with E-state index in [4.69, 9.17) is 23.7 Å². The van der Waals surface area contributed by atoms with E-state index >= 15 is 0 Å². The number of ketones is 6. The molecule has 33 heteroatoms. The second-order valence-corrected chi connectivity index (χ2v) is 35.2. The number of imide groups is 2. The third kappa shape index (κ3) is 25.3. The molecule has 130 heavy (non-hydrogen) atoms. The summed E-state index contributed by atoms with van der Waals surface area (Å²) >= 11 is 0. The summed E-state index contributed by atoms with van der Waals surface area (Å²) in [6.07, 6.45) is 2.23. The van der Waals surface area contributed by atoms with Crippen LogP contribution in [0.3, 0.4) is 0 Å². The number of aryl methyl sites for hydroxylation is 1. The van der Waals surface area contributed by atoms with Gasteiger partial charge in [-0.2, -0.15) is 0 Å². The number of fused-ring (bicyclic) bond motifs is 4. The first-order valence-electron chi connectivity index (χ1n) is 44.5. The second-order valence-electron chi connectivity index (χ2n) is 35.2. The zero-order valence-electron chi connectivity index (χ0n) is 75.0. The van der Waals surface area contributed by atoms with Crippen LogP contribution in [0.5, 0.6) is 17.2 Å². The molecular weight excluding hydrogens is 1670 g/mol. The van der Waals surface area contributed by atoms with E-state index in [1.807, 2.05) is 6.92 Å². The topological polar surface area (TPSA) is 421 Å². The van der Waals surface area contributed by atoms with Gasteiger partial charge < -0.3 is 54.8 Å². The highest BCUT2D eigenvalue weighted by Crippen LogP contribution is 2.42. The highest BCUT2D eigenvalue weighted by atomic mass is 16.6. The smallest absolute Gasteiger partial charge is 0.414 e. The first kappa shape index (κ1) is 97.5. The Kier molecular flexibility index (Phi) is 33.6. The van der Waals surface area contributed by atoms with E-state index in [1.54, 1.807) is 110 Å². The molecule has 8 bridgehead atoms. The Labute approximate surface area is 755 Å². The van der Waals surface area contributed by atoms with Gasteiger partial charge in [0.2, 0.25) is 23.6 Å². The van der Waals surface area contributed by atoms with Crippen LogP contribution in [0.1, 0.15) is 193 Å². The van der Waals surface area contributed by atoms with Gasteiger partial charge in [-0.25, -0.2) is 9.59 Å². The van der Waals surface area contributed by atoms with Crippen molar-refractivity contribution in [3.63, 3.8) is 0 Å². The molecule has 4 N–H and O–H groups in total. The quantitative estimate of drug-likeness (QED) is 0.0759. The number of carbonyl (C=O) groups excluding carboxylic acids is 18. The Balaban J connectivity index is 0.799. The predicted molar refractivity (Wildman–Crippen MR) is 474 cm³/mol. The van der Waals surface area contributed by atoms with Crippen molar-refractivity contribution in [1.29, 1.82) is 0 Å². The molecule has 12 amide bonds. The maximum atomic E-state index is 14.7. The van der Waals surface area contributed by atoms with Gasteiger partial charge in [-0.3, -0.25) is 96.3 Å². The molecule has 0 radical (unpaired) electrons. The van der Waals surface area contributed by atoms with Crippen molar-refractivity contribution in [2.45, 2.75) is 207 Å². The number of amides is 12. The zero-order chi connectivity index (χ0) is 93.9. The van der Waals surface area contributed by atoms with E-state index in [-0.39, 0.29) is 199 Å². The number of Topliss-reactive ketones (excluding diaryl/α,β-unsaturated/α-hetero) is 6. The number of benzene rings is 4. The fourth-order valence-corrected chi connectivity index (χ4v) is 17.0. The average Bonchev–Trinajstić information content (AvgIpc) is 1.62. The first-order chi connectivity index (χ1) is 62.0. The normalized spacial score (nSPS) is 23.2. The number of hydrogen-bond donors (Lipinski definition) is 4. The largest absolute Gasteiger partial charge is 0.493 e. The minimum absolute atomic E-state index is 0.00658. The van der Waals surface area contributed by atoms with Gasteiger partial charge in [-0.1, -0.05) is 101 Å². The summed E-state index contributed by atoms with van der Waals surface area (Å²) in [5.41, 5.74) is 5.70. The van der Waals surface area contributed by atoms with Crippen LogP contribution in [0.4, 0.5) is 21.0 Å². The lowest BCUT2D eigenvalue weighted by molar-refractivity contribution is -0.140. The molecule has 9 heterocycles. The molecule has 2 fully saturated rings. The van der Waals surface area contributed by atoms with Gasteiger partial charge in [0, 0.05) is 145 Å². The van der Waals surface area contributed by atoms with Crippen molar-refractivity contribution in [2.24, 2.45) is 29.6 Å². The van der Waals surface area contributed by atoms with Crippen LogP contribution in [0.25, 0.3) is 0 Å². The average molecular weight is 1790 g/mol. The molecule has 8 atom stereocenters. The van der Waals surface area contributed by atoms with E-state index in [1.165, 1.54) is 30.8 Å². The Hall–Kier alpha value is -13.1. The van der Waals surface area contributed by atoms with Gasteiger partial charge in [0.05, 0.1) is 92.0 Å². The summed E-state index contributed by atoms with van der Waals surface area (Å²) in [5.74, 6) is -12.4. The lowest BCUT2D eigenvalue weighted by atomic mass is 9.86. The van der Waals surface area contributed by atoms with Crippen LogP contribution in [0.15, 0.2) is 121 Å². The standard InChI is InChI=1S/C97H116N10O23/c1-56(2)72-44-69(108)17-12-13-19-79(111)90(101-85(114)33-36-103-88(117)30-31-89(103)118)76(46-71(110)32-35-102-86(115)28-29-87(102)116)91(119)98-34-16-18-70(109)45-73(57(3)4)93(121)100-62(9)81(113)43-63-20-24-65(25-21-63)54-129-96(124)106-52-67-39-58(5)50-104(67)94(122)74-41-60(7)82(48-77(74)106)127-37-14-11-15-38-128-84-49-78-75(47-83(84)126-10)95(123)105-51-59(6)40-68(105)53-107(78)97(125)130-55-66-26-22-64(23-27-66)42-80(112)61(8)99-92(72)120/h20-31,41,47-49,56-57,61-62,67-68,72-73,76,90H,5-6,11-19,32-40,42-46,50-55H2,1-4,7-10H3,(H,98,119)(H,99,120)(H,100,121)(H,101,114)/t61-,62-,67-,68-,72-,73-,76+,90-/m0/s1. The van der Waals surface area contributed by atoms with Crippen molar-refractivity contribution in [3.05, 3.63) is 160 Å². The van der Waals surface area contributed by atoms with Crippen molar-refractivity contribution in [2.75, 3.05) is 75.9 Å². The molecule has 4 aromatic carbocycles. The van der Waals surface area contributed by atoms with Crippen molar-refractivity contribution >= 4 is 117 Å². The van der Waals surface area contributed by atoms with Gasteiger partial charge in [0.25, 0.3) is 35.4 Å². The molecule has 9 aliphatic heterocycles. The number of hydrogen-bond acceptors (Lipinski definition) is 23. The van der Waals surface area contributed by atoms with Crippen LogP contribution in [0.2, 0.25) is 0 Å². The first-order valence-corrected chi connectivity index (χ1v) is 44.5. The summed E-state index contributed by atoms with van der Waals surface area (Å²) in [6.45, 7) is 20.0. The van der Waals surface area contributed by atoms with Crippen molar-refractivity contribution in [3.8, 4) is 17.2 Å². The van der Waals surface area contributed by atoms with E-state index in [0.29, 0.717) is 77.9 Å². The number of nitrogens with one attached hydrogen (secondary N) is 4. The zero-order valence-corrected chi connectivity index (χ0v) is 75.0. The molecule has 9 aliphatic rings. The molecule has 0 spiro atoms. The second kappa shape index (κ2) is 44.8. The van der Waals surface area contributed by atoms with Gasteiger partial charge in [-0.05, 0) is 124 Å². The highest BCUT2D eigenvalue weighted by Gasteiger charge is 2.44. The highest BCUT2D eigenvalue weighted by molar-refractivity contribution is 6.14. The van der Waals surface area contributed by atoms with E-state index < -0.39 is 145 Å². The number of methoxy groups -OCH3 is 1. The fraction of sp³-hybridized carbons (Fsp3) is 0.485. The summed E-state index contributed by atoms with van der Waals surface area (Å²) in [6, 6.07) is 15.6. The third-order valence-corrected chi connectivity index (χ3v) is 24.7. The summed E-state index contributed by atoms with van der Waals surface area (Å²) in [7, 11) is 1.45. The Morgan fingerprint density at radius 3 is 1.42 bits per heavy atom. The maximum Gasteiger partial charge on any atom is 0.414 e. The van der Waals surface area contributed by atoms with Gasteiger partial charge in [0.15, 0.2) is 28.8 Å². The molecule has 33 nitrogen and oxygen atoms in total. The summed E-state index contributed by atoms with van der Waals surface area (Å²) in [4.78, 5) is 256. The number of nitrogens with zero attached hydrogens (tertiary/aromatic N) is 6. The monoisotopic (exact) mass is 1790 g/mol. The SMILES string of the molecule is C=C1C[C@H]2CN3C(=O)OCc4ccc(cc4)CC(=O)[C@H](C)NC(=O)[C@H](C(C)C)CC(=O)CCCNC(=O)[C@H](CC(=O)CCN4C(=O)C=CC4=O)[C@H](NC(=O)CCN4C(=O)C=CC4=O)C(=O)CCCCC(=O)C[C@@H](C(C)C)C(=O)N[C@@H](C)C(=O)Cc4ccc(cc4)COC(=O)N4C[C@@H]5CC(=C)CN5C(=O)c5cc(OC)c(cc54)OCCCCCOc4cc3c(cc4C)C(=O)N2C1. The van der Waals surface area contributed by atoms with E-state index in [2.05, 4.69) is 34.4 Å². The Morgan fingerprint density at radius 1 is 0.508 bits per heavy atom. The summed E-state index contributed by atoms with van der Waals surface area (Å²) < 4.78 is 30.5. The Morgan fingerprint density at radius 2 is 0.946 bits per heavy atom. The molecule has 4 aromatic rings. The maximum absolute atomic E-state index is 14.7. The van der Waals surface area contributed by atoms with Crippen molar-refractivity contribution < 1.29 is 110 Å². The van der Waals surface area contributed by atoms with Crippen LogP contribution < -0.4 is 45.3 Å². The van der Waals surface area contributed by atoms with Crippen LogP contribution >= 0.6 is 0 Å². The van der Waals surface area contributed by atoms with E-state index in [9.17, 15) is 86.3 Å². The van der Waals surface area contributed by atoms with Crippen LogP contribution in [-0.4, -0.2) is 222 Å². The molecule has 692 valence electrons. The number of carbonyl (C=O) groups is 18. The number of ether oxygens (including phenoxy) is 5. The molecule has 0 aliphatic carbocycles. The molecule has 0 unspecified atom stereocenters. The van der Waals surface area contributed by atoms with Crippen molar-refractivity contribution in [1.82, 2.24) is 40.9 Å². The van der Waals surface area contributed by atoms with Gasteiger partial charge >= 0.3 is 12.2 Å². The molecule has 2 saturated heterocycles. The summed E-state index contributed by atoms with van der Waals surface area (Å²) in [5, 5.41) is 10.8. The minimum atomic E-state index is -1.77. The van der Waals surface area contributed by atoms with Gasteiger partial charge in [-0.15, -0.1) is 0 Å². The van der Waals surface area contributed by atoms with E-state index in [0.717, 1.165) is 45.3 Å².